The minimum atomic E-state index is -0.928. The van der Waals surface area contributed by atoms with Crippen LogP contribution in [0, 0.1) is 5.41 Å². The lowest BCUT2D eigenvalue weighted by molar-refractivity contribution is -0.148. The van der Waals surface area contributed by atoms with E-state index >= 15 is 0 Å². The fourth-order valence-corrected chi connectivity index (χ4v) is 1.89. The standard InChI is InChI=1S/C16H24O3/c1-15(2,3)12-8-6-11(7-9-12)13(17)10-16(4,5)14(18)19/h6-9,13,17H,10H2,1-5H3,(H,18,19). The van der Waals surface area contributed by atoms with Gasteiger partial charge in [-0.3, -0.25) is 4.79 Å². The van der Waals surface area contributed by atoms with Crippen LogP contribution in [-0.4, -0.2) is 16.2 Å². The fourth-order valence-electron chi connectivity index (χ4n) is 1.89. The summed E-state index contributed by atoms with van der Waals surface area (Å²) in [6.45, 7) is 9.65. The van der Waals surface area contributed by atoms with Crippen molar-refractivity contribution >= 4 is 5.97 Å². The number of aliphatic carboxylic acids is 1. The van der Waals surface area contributed by atoms with Crippen LogP contribution in [0.3, 0.4) is 0 Å². The van der Waals surface area contributed by atoms with E-state index in [1.54, 1.807) is 13.8 Å². The molecule has 0 radical (unpaired) electrons. The number of carboxylic acid groups (broad SMARTS) is 1. The first-order chi connectivity index (χ1) is 8.54. The van der Waals surface area contributed by atoms with Crippen molar-refractivity contribution in [3.8, 4) is 0 Å². The van der Waals surface area contributed by atoms with Gasteiger partial charge in [-0.2, -0.15) is 0 Å². The maximum absolute atomic E-state index is 11.1. The molecular formula is C16H24O3. The van der Waals surface area contributed by atoms with E-state index in [1.165, 1.54) is 5.56 Å². The SMILES string of the molecule is CC(C)(CC(O)c1ccc(C(C)(C)C)cc1)C(=O)O. The molecule has 0 aliphatic rings. The molecule has 0 saturated carbocycles. The van der Waals surface area contributed by atoms with Crippen LogP contribution >= 0.6 is 0 Å². The highest BCUT2D eigenvalue weighted by Gasteiger charge is 2.30. The maximum atomic E-state index is 11.1. The molecule has 0 saturated heterocycles. The van der Waals surface area contributed by atoms with Gasteiger partial charge in [0.1, 0.15) is 0 Å². The Morgan fingerprint density at radius 1 is 1.11 bits per heavy atom. The number of rotatable bonds is 4. The monoisotopic (exact) mass is 264 g/mol. The second-order valence-electron chi connectivity index (χ2n) is 6.78. The molecule has 0 aliphatic heterocycles. The molecule has 0 heterocycles. The van der Waals surface area contributed by atoms with Crippen LogP contribution in [0.5, 0.6) is 0 Å². The minimum absolute atomic E-state index is 0.0732. The van der Waals surface area contributed by atoms with Crippen LogP contribution in [-0.2, 0) is 10.2 Å². The lowest BCUT2D eigenvalue weighted by Crippen LogP contribution is -2.26. The van der Waals surface area contributed by atoms with Gasteiger partial charge in [-0.1, -0.05) is 45.0 Å². The number of aliphatic hydroxyl groups excluding tert-OH is 1. The van der Waals surface area contributed by atoms with Gasteiger partial charge < -0.3 is 10.2 Å². The molecular weight excluding hydrogens is 240 g/mol. The summed E-state index contributed by atoms with van der Waals surface area (Å²) in [5, 5.41) is 19.2. The molecule has 3 heteroatoms. The second-order valence-corrected chi connectivity index (χ2v) is 6.78. The van der Waals surface area contributed by atoms with Gasteiger partial charge in [-0.05, 0) is 36.8 Å². The summed E-state index contributed by atoms with van der Waals surface area (Å²) >= 11 is 0. The molecule has 3 nitrogen and oxygen atoms in total. The number of carbonyl (C=O) groups is 1. The van der Waals surface area contributed by atoms with Crippen molar-refractivity contribution < 1.29 is 15.0 Å². The summed E-state index contributed by atoms with van der Waals surface area (Å²) in [7, 11) is 0. The van der Waals surface area contributed by atoms with Crippen LogP contribution in [0.15, 0.2) is 24.3 Å². The van der Waals surface area contributed by atoms with Gasteiger partial charge in [0.2, 0.25) is 0 Å². The molecule has 0 fully saturated rings. The van der Waals surface area contributed by atoms with E-state index in [9.17, 15) is 9.90 Å². The van der Waals surface area contributed by atoms with Gasteiger partial charge in [0.05, 0.1) is 11.5 Å². The molecule has 1 aromatic rings. The molecule has 0 spiro atoms. The average molecular weight is 264 g/mol. The van der Waals surface area contributed by atoms with E-state index in [1.807, 2.05) is 24.3 Å². The van der Waals surface area contributed by atoms with Crippen LogP contribution in [0.1, 0.15) is 58.3 Å². The summed E-state index contributed by atoms with van der Waals surface area (Å²) in [4.78, 5) is 11.1. The highest BCUT2D eigenvalue weighted by Crippen LogP contribution is 2.31. The molecule has 1 unspecified atom stereocenters. The van der Waals surface area contributed by atoms with Crippen LogP contribution in [0.25, 0.3) is 0 Å². The number of benzene rings is 1. The van der Waals surface area contributed by atoms with E-state index < -0.39 is 17.5 Å². The van der Waals surface area contributed by atoms with Crippen molar-refractivity contribution in [2.24, 2.45) is 5.41 Å². The zero-order valence-corrected chi connectivity index (χ0v) is 12.4. The third kappa shape index (κ3) is 4.06. The van der Waals surface area contributed by atoms with Gasteiger partial charge >= 0.3 is 5.97 Å². The first-order valence-electron chi connectivity index (χ1n) is 6.56. The average Bonchev–Trinajstić information content (AvgIpc) is 2.27. The zero-order chi connectivity index (χ0) is 14.8. The molecule has 19 heavy (non-hydrogen) atoms. The molecule has 1 rings (SSSR count). The van der Waals surface area contributed by atoms with E-state index in [0.29, 0.717) is 0 Å². The van der Waals surface area contributed by atoms with Crippen molar-refractivity contribution in [1.29, 1.82) is 0 Å². The third-order valence-corrected chi connectivity index (χ3v) is 3.44. The van der Waals surface area contributed by atoms with Gasteiger partial charge in [-0.15, -0.1) is 0 Å². The molecule has 0 aliphatic carbocycles. The molecule has 106 valence electrons. The fraction of sp³-hybridized carbons (Fsp3) is 0.562. The first kappa shape index (κ1) is 15.7. The van der Waals surface area contributed by atoms with Crippen molar-refractivity contribution in [2.75, 3.05) is 0 Å². The Kier molecular flexibility index (Phi) is 4.41. The highest BCUT2D eigenvalue weighted by molar-refractivity contribution is 5.73. The van der Waals surface area contributed by atoms with Crippen molar-refractivity contribution in [3.05, 3.63) is 35.4 Å². The van der Waals surface area contributed by atoms with E-state index in [0.717, 1.165) is 5.56 Å². The number of carboxylic acids is 1. The Bertz CT molecular complexity index is 438. The van der Waals surface area contributed by atoms with Gasteiger partial charge in [0.15, 0.2) is 0 Å². The quantitative estimate of drug-likeness (QED) is 0.874. The summed E-state index contributed by atoms with van der Waals surface area (Å²) < 4.78 is 0. The topological polar surface area (TPSA) is 57.5 Å². The van der Waals surface area contributed by atoms with Crippen molar-refractivity contribution in [2.45, 2.75) is 52.6 Å². The van der Waals surface area contributed by atoms with Crippen molar-refractivity contribution in [1.82, 2.24) is 0 Å². The molecule has 0 aromatic heterocycles. The maximum Gasteiger partial charge on any atom is 0.309 e. The summed E-state index contributed by atoms with van der Waals surface area (Å²) in [5.41, 5.74) is 1.11. The van der Waals surface area contributed by atoms with Gasteiger partial charge in [-0.25, -0.2) is 0 Å². The Morgan fingerprint density at radius 2 is 1.58 bits per heavy atom. The highest BCUT2D eigenvalue weighted by atomic mass is 16.4. The van der Waals surface area contributed by atoms with Crippen LogP contribution in [0.4, 0.5) is 0 Å². The number of hydrogen-bond acceptors (Lipinski definition) is 2. The van der Waals surface area contributed by atoms with E-state index in [-0.39, 0.29) is 11.8 Å². The Labute approximate surface area is 115 Å². The zero-order valence-electron chi connectivity index (χ0n) is 12.4. The van der Waals surface area contributed by atoms with E-state index in [2.05, 4.69) is 20.8 Å². The van der Waals surface area contributed by atoms with Crippen LogP contribution in [0.2, 0.25) is 0 Å². The summed E-state index contributed by atoms with van der Waals surface area (Å²) in [6, 6.07) is 7.74. The third-order valence-electron chi connectivity index (χ3n) is 3.44. The molecule has 0 bridgehead atoms. The first-order valence-corrected chi connectivity index (χ1v) is 6.56. The number of hydrogen-bond donors (Lipinski definition) is 2. The van der Waals surface area contributed by atoms with Crippen molar-refractivity contribution in [3.63, 3.8) is 0 Å². The van der Waals surface area contributed by atoms with Gasteiger partial charge in [0.25, 0.3) is 0 Å². The second kappa shape index (κ2) is 5.33. The molecule has 2 N–H and O–H groups in total. The summed E-state index contributed by atoms with van der Waals surface area (Å²) in [6.07, 6.45) is -0.544. The van der Waals surface area contributed by atoms with Crippen LogP contribution < -0.4 is 0 Å². The Balaban J connectivity index is 2.85. The lowest BCUT2D eigenvalue weighted by Gasteiger charge is -2.24. The number of aliphatic hydroxyl groups is 1. The molecule has 1 atom stereocenters. The smallest absolute Gasteiger partial charge is 0.309 e. The lowest BCUT2D eigenvalue weighted by atomic mass is 9.83. The largest absolute Gasteiger partial charge is 0.481 e. The predicted molar refractivity (Wildman–Crippen MR) is 76.1 cm³/mol. The van der Waals surface area contributed by atoms with E-state index in [4.69, 9.17) is 5.11 Å². The Morgan fingerprint density at radius 3 is 1.95 bits per heavy atom. The Hall–Kier alpha value is -1.35. The summed E-state index contributed by atoms with van der Waals surface area (Å²) in [5.74, 6) is -0.891. The predicted octanol–water partition coefficient (Wildman–Crippen LogP) is 3.52. The molecule has 1 aromatic carbocycles. The molecule has 0 amide bonds. The van der Waals surface area contributed by atoms with Gasteiger partial charge in [0, 0.05) is 0 Å². The normalized spacial score (nSPS) is 14.2. The minimum Gasteiger partial charge on any atom is -0.481 e.